The quantitative estimate of drug-likeness (QED) is 0.671. The van der Waals surface area contributed by atoms with E-state index < -0.39 is 0 Å². The van der Waals surface area contributed by atoms with E-state index in [4.69, 9.17) is 9.47 Å². The lowest BCUT2D eigenvalue weighted by Gasteiger charge is -2.10. The summed E-state index contributed by atoms with van der Waals surface area (Å²) in [7, 11) is 0. The zero-order chi connectivity index (χ0) is 17.1. The molecule has 5 heteroatoms. The summed E-state index contributed by atoms with van der Waals surface area (Å²) in [5.74, 6) is 0.277. The second-order valence-electron chi connectivity index (χ2n) is 5.62. The number of aromatic nitrogens is 2. The minimum Gasteiger partial charge on any atom is -0.485 e. The summed E-state index contributed by atoms with van der Waals surface area (Å²) in [6.45, 7) is 6.32. The number of fused-ring (bicyclic) bond motifs is 1. The summed E-state index contributed by atoms with van der Waals surface area (Å²) >= 11 is 0. The Bertz CT molecular complexity index is 869. The van der Waals surface area contributed by atoms with Crippen LogP contribution in [-0.4, -0.2) is 22.0 Å². The number of esters is 1. The van der Waals surface area contributed by atoms with Crippen molar-refractivity contribution in [1.82, 2.24) is 9.38 Å². The number of benzene rings is 1. The Morgan fingerprint density at radius 1 is 1.21 bits per heavy atom. The zero-order valence-corrected chi connectivity index (χ0v) is 14.1. The lowest BCUT2D eigenvalue weighted by molar-refractivity contribution is 0.0517. The topological polar surface area (TPSA) is 52.8 Å². The van der Waals surface area contributed by atoms with Crippen molar-refractivity contribution in [2.45, 2.75) is 27.4 Å². The van der Waals surface area contributed by atoms with Gasteiger partial charge in [-0.2, -0.15) is 0 Å². The van der Waals surface area contributed by atoms with Crippen LogP contribution in [0.5, 0.6) is 5.75 Å². The maximum absolute atomic E-state index is 12.2. The molecule has 0 aliphatic rings. The molecule has 3 rings (SSSR count). The van der Waals surface area contributed by atoms with Gasteiger partial charge in [0.1, 0.15) is 6.61 Å². The highest BCUT2D eigenvalue weighted by Crippen LogP contribution is 2.25. The van der Waals surface area contributed by atoms with Crippen LogP contribution in [-0.2, 0) is 11.3 Å². The fourth-order valence-corrected chi connectivity index (χ4v) is 2.64. The van der Waals surface area contributed by atoms with E-state index in [1.54, 1.807) is 18.2 Å². The Kier molecular flexibility index (Phi) is 4.51. The Morgan fingerprint density at radius 2 is 1.96 bits per heavy atom. The van der Waals surface area contributed by atoms with Gasteiger partial charge in [-0.15, -0.1) is 0 Å². The Morgan fingerprint density at radius 3 is 2.67 bits per heavy atom. The first-order valence-electron chi connectivity index (χ1n) is 7.93. The highest BCUT2D eigenvalue weighted by Gasteiger charge is 2.20. The normalized spacial score (nSPS) is 10.8. The summed E-state index contributed by atoms with van der Waals surface area (Å²) in [5, 5.41) is 0. The van der Waals surface area contributed by atoms with Gasteiger partial charge in [0.25, 0.3) is 0 Å². The van der Waals surface area contributed by atoms with Gasteiger partial charge in [0, 0.05) is 6.20 Å². The Hall–Kier alpha value is -2.82. The molecular weight excluding hydrogens is 304 g/mol. The van der Waals surface area contributed by atoms with Crippen LogP contribution in [0.15, 0.2) is 42.6 Å². The van der Waals surface area contributed by atoms with Gasteiger partial charge in [-0.1, -0.05) is 30.3 Å². The van der Waals surface area contributed by atoms with Gasteiger partial charge in [0.15, 0.2) is 17.1 Å². The lowest BCUT2D eigenvalue weighted by atomic mass is 10.2. The van der Waals surface area contributed by atoms with Crippen molar-refractivity contribution in [2.75, 3.05) is 6.61 Å². The first-order valence-corrected chi connectivity index (χ1v) is 7.93. The van der Waals surface area contributed by atoms with E-state index in [0.717, 1.165) is 11.1 Å². The summed E-state index contributed by atoms with van der Waals surface area (Å²) in [6.07, 6.45) is 1.87. The number of rotatable bonds is 5. The number of carbonyl (C=O) groups is 1. The number of nitrogens with zero attached hydrogens (tertiary/aromatic N) is 2. The van der Waals surface area contributed by atoms with Crippen LogP contribution in [0.4, 0.5) is 0 Å². The summed E-state index contributed by atoms with van der Waals surface area (Å²) in [5.41, 5.74) is 3.75. The van der Waals surface area contributed by atoms with E-state index >= 15 is 0 Å². The van der Waals surface area contributed by atoms with Gasteiger partial charge < -0.3 is 9.47 Å². The van der Waals surface area contributed by atoms with Crippen molar-refractivity contribution in [3.05, 3.63) is 65.1 Å². The van der Waals surface area contributed by atoms with Gasteiger partial charge >= 0.3 is 5.97 Å². The van der Waals surface area contributed by atoms with Gasteiger partial charge in [0.2, 0.25) is 0 Å². The van der Waals surface area contributed by atoms with Crippen LogP contribution < -0.4 is 4.74 Å². The minimum atomic E-state index is -0.373. The predicted molar refractivity (Wildman–Crippen MR) is 91.4 cm³/mol. The third kappa shape index (κ3) is 3.11. The van der Waals surface area contributed by atoms with Crippen LogP contribution in [0.25, 0.3) is 5.65 Å². The molecule has 0 bridgehead atoms. The van der Waals surface area contributed by atoms with E-state index in [9.17, 15) is 4.79 Å². The average Bonchev–Trinajstić information content (AvgIpc) is 2.89. The average molecular weight is 324 g/mol. The number of aryl methyl sites for hydroxylation is 2. The molecule has 0 spiro atoms. The molecule has 0 atom stereocenters. The first kappa shape index (κ1) is 16.1. The zero-order valence-electron chi connectivity index (χ0n) is 14.1. The molecule has 0 unspecified atom stereocenters. The lowest BCUT2D eigenvalue weighted by Crippen LogP contribution is -2.10. The molecule has 0 saturated carbocycles. The second-order valence-corrected chi connectivity index (χ2v) is 5.62. The Balaban J connectivity index is 1.99. The molecule has 0 aliphatic heterocycles. The van der Waals surface area contributed by atoms with E-state index in [1.807, 2.05) is 49.5 Å². The highest BCUT2D eigenvalue weighted by atomic mass is 16.5. The molecule has 0 amide bonds. The number of imidazole rings is 1. The second kappa shape index (κ2) is 6.74. The Labute approximate surface area is 140 Å². The third-order valence-electron chi connectivity index (χ3n) is 3.70. The molecule has 1 aromatic carbocycles. The van der Waals surface area contributed by atoms with Crippen LogP contribution in [0.3, 0.4) is 0 Å². The fourth-order valence-electron chi connectivity index (χ4n) is 2.64. The predicted octanol–water partition coefficient (Wildman–Crippen LogP) is 3.71. The van der Waals surface area contributed by atoms with E-state index in [2.05, 4.69) is 4.98 Å². The molecule has 2 heterocycles. The van der Waals surface area contributed by atoms with Crippen LogP contribution >= 0.6 is 0 Å². The largest absolute Gasteiger partial charge is 0.485 e. The minimum absolute atomic E-state index is 0.328. The number of carbonyl (C=O) groups excluding carboxylic acids is 1. The molecule has 0 N–H and O–H groups in total. The van der Waals surface area contributed by atoms with E-state index in [-0.39, 0.29) is 5.97 Å². The number of hydrogen-bond acceptors (Lipinski definition) is 4. The van der Waals surface area contributed by atoms with Crippen molar-refractivity contribution in [3.8, 4) is 5.75 Å². The molecular formula is C19H20N2O3. The molecule has 3 aromatic rings. The maximum Gasteiger partial charge on any atom is 0.357 e. The molecule has 0 aliphatic carbocycles. The summed E-state index contributed by atoms with van der Waals surface area (Å²) < 4.78 is 12.9. The number of hydrogen-bond donors (Lipinski definition) is 0. The van der Waals surface area contributed by atoms with Crippen molar-refractivity contribution >= 4 is 11.6 Å². The van der Waals surface area contributed by atoms with Crippen molar-refractivity contribution in [1.29, 1.82) is 0 Å². The molecule has 0 fully saturated rings. The molecule has 124 valence electrons. The van der Waals surface area contributed by atoms with Gasteiger partial charge in [-0.3, -0.25) is 4.40 Å². The number of ether oxygens (including phenoxy) is 2. The van der Waals surface area contributed by atoms with Crippen LogP contribution in [0.2, 0.25) is 0 Å². The molecule has 5 nitrogen and oxygen atoms in total. The first-order chi connectivity index (χ1) is 11.6. The molecule has 2 aromatic heterocycles. The van der Waals surface area contributed by atoms with E-state index in [0.29, 0.717) is 36.0 Å². The smallest absolute Gasteiger partial charge is 0.357 e. The van der Waals surface area contributed by atoms with E-state index in [1.165, 1.54) is 0 Å². The molecule has 0 radical (unpaired) electrons. The highest BCUT2D eigenvalue weighted by molar-refractivity contribution is 5.90. The summed E-state index contributed by atoms with van der Waals surface area (Å²) in [4.78, 5) is 16.7. The maximum atomic E-state index is 12.2. The fraction of sp³-hybridized carbons (Fsp3) is 0.263. The van der Waals surface area contributed by atoms with Crippen molar-refractivity contribution < 1.29 is 14.3 Å². The van der Waals surface area contributed by atoms with Crippen molar-refractivity contribution in [2.24, 2.45) is 0 Å². The van der Waals surface area contributed by atoms with Gasteiger partial charge in [0.05, 0.1) is 12.3 Å². The SMILES string of the molecule is CCOC(=O)c1c(C)nc2c(OCc3ccccc3)cc(C)cn12. The summed E-state index contributed by atoms with van der Waals surface area (Å²) in [6, 6.07) is 11.9. The monoisotopic (exact) mass is 324 g/mol. The molecule has 24 heavy (non-hydrogen) atoms. The molecule has 0 saturated heterocycles. The number of pyridine rings is 1. The van der Waals surface area contributed by atoms with Gasteiger partial charge in [-0.05, 0) is 38.0 Å². The third-order valence-corrected chi connectivity index (χ3v) is 3.70. The van der Waals surface area contributed by atoms with Crippen LogP contribution in [0, 0.1) is 13.8 Å². The standard InChI is InChI=1S/C19H20N2O3/c1-4-23-19(22)17-14(3)20-18-16(10-13(2)11-21(17)18)24-12-15-8-6-5-7-9-15/h5-11H,4,12H2,1-3H3. The van der Waals surface area contributed by atoms with Gasteiger partial charge in [-0.25, -0.2) is 9.78 Å². The van der Waals surface area contributed by atoms with Crippen molar-refractivity contribution in [3.63, 3.8) is 0 Å². The van der Waals surface area contributed by atoms with Crippen LogP contribution in [0.1, 0.15) is 34.2 Å².